The second kappa shape index (κ2) is 7.83. The standard InChI is InChI=1S/C15H11ClF3NO4S/c1-8-12(4-5-23-8)25-14(22)20-9-2-3-11(16)10(6-9)13(21)24-7-15(17,18)19/h2-6H,7H2,1H3,(H,20,22). The van der Waals surface area contributed by atoms with Crippen LogP contribution in [0.15, 0.2) is 39.8 Å². The number of hydrogen-bond donors (Lipinski definition) is 1. The zero-order chi connectivity index (χ0) is 18.6. The molecule has 1 aromatic heterocycles. The molecule has 134 valence electrons. The summed E-state index contributed by atoms with van der Waals surface area (Å²) in [5, 5.41) is 1.93. The monoisotopic (exact) mass is 393 g/mol. The third kappa shape index (κ3) is 5.71. The summed E-state index contributed by atoms with van der Waals surface area (Å²) in [5.41, 5.74) is -0.102. The molecule has 2 aromatic rings. The van der Waals surface area contributed by atoms with E-state index in [0.717, 1.165) is 17.8 Å². The van der Waals surface area contributed by atoms with Gasteiger partial charge in [-0.05, 0) is 43.0 Å². The topological polar surface area (TPSA) is 68.5 Å². The molecule has 0 atom stereocenters. The fourth-order valence-electron chi connectivity index (χ4n) is 1.71. The first kappa shape index (κ1) is 19.2. The van der Waals surface area contributed by atoms with Crippen molar-refractivity contribution in [1.82, 2.24) is 0 Å². The van der Waals surface area contributed by atoms with Crippen molar-refractivity contribution < 1.29 is 31.9 Å². The highest BCUT2D eigenvalue weighted by atomic mass is 35.5. The molecule has 5 nitrogen and oxygen atoms in total. The number of ether oxygens (including phenoxy) is 1. The first-order valence-corrected chi connectivity index (χ1v) is 7.91. The molecule has 0 spiro atoms. The van der Waals surface area contributed by atoms with E-state index in [2.05, 4.69) is 10.1 Å². The van der Waals surface area contributed by atoms with Crippen molar-refractivity contribution in [2.45, 2.75) is 18.0 Å². The van der Waals surface area contributed by atoms with Crippen LogP contribution in [0.5, 0.6) is 0 Å². The quantitative estimate of drug-likeness (QED) is 0.565. The Morgan fingerprint density at radius 2 is 2.04 bits per heavy atom. The minimum Gasteiger partial charge on any atom is -0.468 e. The zero-order valence-electron chi connectivity index (χ0n) is 12.6. The van der Waals surface area contributed by atoms with E-state index >= 15 is 0 Å². The fraction of sp³-hybridized carbons (Fsp3) is 0.200. The maximum absolute atomic E-state index is 12.1. The number of nitrogens with one attached hydrogen (secondary N) is 1. The van der Waals surface area contributed by atoms with E-state index in [1.54, 1.807) is 13.0 Å². The Labute approximate surface area is 149 Å². The number of carbonyl (C=O) groups is 2. The molecule has 0 unspecified atom stereocenters. The Morgan fingerprint density at radius 3 is 2.64 bits per heavy atom. The van der Waals surface area contributed by atoms with Crippen LogP contribution in [0.3, 0.4) is 0 Å². The van der Waals surface area contributed by atoms with Gasteiger partial charge >= 0.3 is 12.1 Å². The molecule has 0 aliphatic rings. The van der Waals surface area contributed by atoms with E-state index in [-0.39, 0.29) is 16.3 Å². The second-order valence-corrected chi connectivity index (χ2v) is 6.16. The van der Waals surface area contributed by atoms with Crippen LogP contribution >= 0.6 is 23.4 Å². The minimum atomic E-state index is -4.65. The Hall–Kier alpha value is -2.13. The lowest BCUT2D eigenvalue weighted by atomic mass is 10.2. The number of halogens is 4. The van der Waals surface area contributed by atoms with Gasteiger partial charge in [0.15, 0.2) is 6.61 Å². The third-order valence-corrected chi connectivity index (χ3v) is 4.07. The predicted molar refractivity (Wildman–Crippen MR) is 86.1 cm³/mol. The van der Waals surface area contributed by atoms with Gasteiger partial charge in [0.25, 0.3) is 5.24 Å². The van der Waals surface area contributed by atoms with Gasteiger partial charge in [-0.15, -0.1) is 0 Å². The van der Waals surface area contributed by atoms with Crippen molar-refractivity contribution in [2.24, 2.45) is 0 Å². The van der Waals surface area contributed by atoms with E-state index in [0.29, 0.717) is 10.7 Å². The van der Waals surface area contributed by atoms with Crippen LogP contribution in [0.2, 0.25) is 5.02 Å². The van der Waals surface area contributed by atoms with Crippen molar-refractivity contribution in [1.29, 1.82) is 0 Å². The van der Waals surface area contributed by atoms with Gasteiger partial charge in [-0.1, -0.05) is 11.6 Å². The molecule has 0 saturated heterocycles. The van der Waals surface area contributed by atoms with Crippen molar-refractivity contribution in [3.05, 3.63) is 46.9 Å². The average molecular weight is 394 g/mol. The molecule has 0 radical (unpaired) electrons. The van der Waals surface area contributed by atoms with Crippen LogP contribution in [0.4, 0.5) is 23.7 Å². The molecule has 1 aromatic carbocycles. The highest BCUT2D eigenvalue weighted by Gasteiger charge is 2.30. The van der Waals surface area contributed by atoms with Gasteiger partial charge in [-0.3, -0.25) is 4.79 Å². The van der Waals surface area contributed by atoms with E-state index in [4.69, 9.17) is 16.0 Å². The molecule has 1 amide bonds. The van der Waals surface area contributed by atoms with Gasteiger partial charge in [0.05, 0.1) is 21.7 Å². The van der Waals surface area contributed by atoms with E-state index < -0.39 is 24.0 Å². The van der Waals surface area contributed by atoms with Gasteiger partial charge < -0.3 is 14.5 Å². The fourth-order valence-corrected chi connectivity index (χ4v) is 2.59. The minimum absolute atomic E-state index is 0.0940. The largest absolute Gasteiger partial charge is 0.468 e. The van der Waals surface area contributed by atoms with Crippen molar-refractivity contribution in [3.8, 4) is 0 Å². The number of carbonyl (C=O) groups excluding carboxylic acids is 2. The molecule has 0 aliphatic carbocycles. The summed E-state index contributed by atoms with van der Waals surface area (Å²) in [6, 6.07) is 5.43. The lowest BCUT2D eigenvalue weighted by molar-refractivity contribution is -0.161. The number of aryl methyl sites for hydroxylation is 1. The highest BCUT2D eigenvalue weighted by Crippen LogP contribution is 2.27. The number of hydrogen-bond acceptors (Lipinski definition) is 5. The van der Waals surface area contributed by atoms with Crippen LogP contribution in [-0.4, -0.2) is 24.0 Å². The summed E-state index contributed by atoms with van der Waals surface area (Å²) in [6.07, 6.45) is -3.21. The lowest BCUT2D eigenvalue weighted by Gasteiger charge is -2.10. The number of rotatable bonds is 4. The van der Waals surface area contributed by atoms with Crippen LogP contribution in [0.1, 0.15) is 16.1 Å². The third-order valence-electron chi connectivity index (χ3n) is 2.81. The maximum Gasteiger partial charge on any atom is 0.422 e. The first-order chi connectivity index (χ1) is 11.7. The molecular weight excluding hydrogens is 383 g/mol. The maximum atomic E-state index is 12.1. The Balaban J connectivity index is 2.06. The van der Waals surface area contributed by atoms with Gasteiger partial charge in [-0.2, -0.15) is 13.2 Å². The van der Waals surface area contributed by atoms with Gasteiger partial charge in [0.2, 0.25) is 0 Å². The summed E-state index contributed by atoms with van der Waals surface area (Å²) in [6.45, 7) is -0.0406. The zero-order valence-corrected chi connectivity index (χ0v) is 14.2. The SMILES string of the molecule is Cc1occc1SC(=O)Nc1ccc(Cl)c(C(=O)OCC(F)(F)F)c1. The lowest BCUT2D eigenvalue weighted by Crippen LogP contribution is -2.20. The molecule has 0 bridgehead atoms. The van der Waals surface area contributed by atoms with Crippen LogP contribution < -0.4 is 5.32 Å². The second-order valence-electron chi connectivity index (χ2n) is 4.74. The molecule has 0 aliphatic heterocycles. The van der Waals surface area contributed by atoms with Crippen LogP contribution in [0.25, 0.3) is 0 Å². The summed E-state index contributed by atoms with van der Waals surface area (Å²) >= 11 is 6.66. The van der Waals surface area contributed by atoms with Crippen molar-refractivity contribution in [3.63, 3.8) is 0 Å². The number of alkyl halides is 3. The Morgan fingerprint density at radius 1 is 1.32 bits per heavy atom. The summed E-state index contributed by atoms with van der Waals surface area (Å²) < 4.78 is 45.6. The van der Waals surface area contributed by atoms with Crippen LogP contribution in [0, 0.1) is 6.92 Å². The van der Waals surface area contributed by atoms with E-state index in [9.17, 15) is 22.8 Å². The normalized spacial score (nSPS) is 11.2. The molecule has 1 N–H and O–H groups in total. The predicted octanol–water partition coefficient (Wildman–Crippen LogP) is 5.28. The number of benzene rings is 1. The average Bonchev–Trinajstić information content (AvgIpc) is 2.91. The molecule has 1 heterocycles. The molecule has 2 rings (SSSR count). The molecule has 10 heteroatoms. The van der Waals surface area contributed by atoms with Crippen LogP contribution in [-0.2, 0) is 4.74 Å². The Bertz CT molecular complexity index is 791. The summed E-state index contributed by atoms with van der Waals surface area (Å²) in [5.74, 6) is -0.676. The molecule has 0 saturated carbocycles. The smallest absolute Gasteiger partial charge is 0.422 e. The Kier molecular flexibility index (Phi) is 6.02. The van der Waals surface area contributed by atoms with Gasteiger partial charge in [0.1, 0.15) is 5.76 Å². The van der Waals surface area contributed by atoms with Gasteiger partial charge in [-0.25, -0.2) is 4.79 Å². The first-order valence-electron chi connectivity index (χ1n) is 6.72. The number of anilines is 1. The summed E-state index contributed by atoms with van der Waals surface area (Å²) in [4.78, 5) is 24.3. The number of esters is 1. The van der Waals surface area contributed by atoms with E-state index in [1.165, 1.54) is 18.4 Å². The van der Waals surface area contributed by atoms with Crippen molar-refractivity contribution >= 4 is 40.3 Å². The van der Waals surface area contributed by atoms with Crippen molar-refractivity contribution in [2.75, 3.05) is 11.9 Å². The number of furan rings is 1. The number of thioether (sulfide) groups is 1. The van der Waals surface area contributed by atoms with Gasteiger partial charge in [0, 0.05) is 5.69 Å². The molecule has 25 heavy (non-hydrogen) atoms. The highest BCUT2D eigenvalue weighted by molar-refractivity contribution is 8.14. The van der Waals surface area contributed by atoms with E-state index in [1.807, 2.05) is 0 Å². The number of amides is 1. The summed E-state index contributed by atoms with van der Waals surface area (Å²) in [7, 11) is 0. The molecule has 0 fully saturated rings. The molecular formula is C15H11ClF3NO4S.